The van der Waals surface area contributed by atoms with Crippen molar-refractivity contribution in [1.29, 1.82) is 0 Å². The lowest BCUT2D eigenvalue weighted by molar-refractivity contribution is -0.124. The molecule has 120 valence electrons. The van der Waals surface area contributed by atoms with E-state index in [1.807, 2.05) is 42.5 Å². The van der Waals surface area contributed by atoms with Gasteiger partial charge in [-0.25, -0.2) is 8.42 Å². The van der Waals surface area contributed by atoms with E-state index in [2.05, 4.69) is 10.3 Å². The summed E-state index contributed by atoms with van der Waals surface area (Å²) in [6, 6.07) is 13.0. The predicted octanol–water partition coefficient (Wildman–Crippen LogP) is 1.72. The predicted molar refractivity (Wildman–Crippen MR) is 87.4 cm³/mol. The number of nitrogens with one attached hydrogen (secondary N) is 1. The Bertz CT molecular complexity index is 737. The molecule has 1 fully saturated rings. The normalized spacial score (nSPS) is 20.8. The summed E-state index contributed by atoms with van der Waals surface area (Å²) in [5, 5.41) is 3.00. The fourth-order valence-corrected chi connectivity index (χ4v) is 4.56. The Kier molecular flexibility index (Phi) is 4.43. The third kappa shape index (κ3) is 3.76. The van der Waals surface area contributed by atoms with Crippen molar-refractivity contribution in [2.45, 2.75) is 12.5 Å². The SMILES string of the molecule is O=C(N[C@H](c1ccccc1)c1ccncc1)[C@H]1CCS(=O)(=O)C1. The second kappa shape index (κ2) is 6.50. The number of nitrogens with zero attached hydrogens (tertiary/aromatic N) is 1. The van der Waals surface area contributed by atoms with Crippen LogP contribution in [-0.4, -0.2) is 30.8 Å². The minimum atomic E-state index is -3.08. The minimum absolute atomic E-state index is 0.0588. The third-order valence-corrected chi connectivity index (χ3v) is 5.83. The van der Waals surface area contributed by atoms with Crippen LogP contribution in [0.25, 0.3) is 0 Å². The van der Waals surface area contributed by atoms with Crippen LogP contribution in [0.1, 0.15) is 23.6 Å². The molecule has 2 aromatic rings. The number of aromatic nitrogens is 1. The van der Waals surface area contributed by atoms with Crippen molar-refractivity contribution < 1.29 is 13.2 Å². The van der Waals surface area contributed by atoms with Gasteiger partial charge in [0, 0.05) is 12.4 Å². The Morgan fingerprint density at radius 3 is 2.35 bits per heavy atom. The molecule has 1 saturated heterocycles. The fourth-order valence-electron chi connectivity index (χ4n) is 2.82. The van der Waals surface area contributed by atoms with Crippen molar-refractivity contribution in [3.8, 4) is 0 Å². The van der Waals surface area contributed by atoms with Gasteiger partial charge < -0.3 is 5.32 Å². The molecule has 0 aliphatic carbocycles. The van der Waals surface area contributed by atoms with Crippen molar-refractivity contribution in [3.05, 3.63) is 66.0 Å². The standard InChI is InChI=1S/C17H18N2O3S/c20-17(15-8-11-23(21,22)12-15)19-16(13-4-2-1-3-5-13)14-6-9-18-10-7-14/h1-7,9-10,15-16H,8,11-12H2,(H,19,20)/t15-,16+/m0/s1. The molecule has 3 rings (SSSR count). The van der Waals surface area contributed by atoms with Gasteiger partial charge in [-0.15, -0.1) is 0 Å². The van der Waals surface area contributed by atoms with Gasteiger partial charge in [0.2, 0.25) is 5.91 Å². The molecule has 0 unspecified atom stereocenters. The average Bonchev–Trinajstić information content (AvgIpc) is 2.94. The van der Waals surface area contributed by atoms with E-state index in [1.54, 1.807) is 12.4 Å². The summed E-state index contributed by atoms with van der Waals surface area (Å²) in [6.45, 7) is 0. The van der Waals surface area contributed by atoms with Gasteiger partial charge in [-0.05, 0) is 29.7 Å². The maximum Gasteiger partial charge on any atom is 0.224 e. The highest BCUT2D eigenvalue weighted by atomic mass is 32.2. The number of pyridine rings is 1. The van der Waals surface area contributed by atoms with Gasteiger partial charge in [-0.3, -0.25) is 9.78 Å². The van der Waals surface area contributed by atoms with Crippen LogP contribution in [0.15, 0.2) is 54.9 Å². The lowest BCUT2D eigenvalue weighted by atomic mass is 9.98. The summed E-state index contributed by atoms with van der Waals surface area (Å²) in [5.74, 6) is -0.641. The third-order valence-electron chi connectivity index (χ3n) is 4.06. The van der Waals surface area contributed by atoms with Crippen LogP contribution in [0.4, 0.5) is 0 Å². The number of hydrogen-bond acceptors (Lipinski definition) is 4. The first-order valence-electron chi connectivity index (χ1n) is 7.51. The van der Waals surface area contributed by atoms with E-state index in [-0.39, 0.29) is 23.5 Å². The molecule has 1 aliphatic heterocycles. The maximum atomic E-state index is 12.5. The number of sulfone groups is 1. The van der Waals surface area contributed by atoms with Gasteiger partial charge >= 0.3 is 0 Å². The maximum absolute atomic E-state index is 12.5. The number of rotatable bonds is 4. The van der Waals surface area contributed by atoms with E-state index in [9.17, 15) is 13.2 Å². The lowest BCUT2D eigenvalue weighted by Gasteiger charge is -2.21. The largest absolute Gasteiger partial charge is 0.345 e. The summed E-state index contributed by atoms with van der Waals surface area (Å²) in [5.41, 5.74) is 1.87. The van der Waals surface area contributed by atoms with Crippen LogP contribution < -0.4 is 5.32 Å². The van der Waals surface area contributed by atoms with Gasteiger partial charge in [0.15, 0.2) is 9.84 Å². The van der Waals surface area contributed by atoms with E-state index >= 15 is 0 Å². The van der Waals surface area contributed by atoms with E-state index in [1.165, 1.54) is 0 Å². The molecule has 6 heteroatoms. The van der Waals surface area contributed by atoms with E-state index in [4.69, 9.17) is 0 Å². The number of hydrogen-bond donors (Lipinski definition) is 1. The van der Waals surface area contributed by atoms with E-state index < -0.39 is 15.8 Å². The average molecular weight is 330 g/mol. The Morgan fingerprint density at radius 1 is 1.09 bits per heavy atom. The van der Waals surface area contributed by atoms with Gasteiger partial charge in [0.1, 0.15) is 0 Å². The zero-order valence-electron chi connectivity index (χ0n) is 12.6. The molecule has 1 aromatic heterocycles. The topological polar surface area (TPSA) is 76.1 Å². The second-order valence-corrected chi connectivity index (χ2v) is 7.96. The van der Waals surface area contributed by atoms with Crippen molar-refractivity contribution in [2.24, 2.45) is 5.92 Å². The Hall–Kier alpha value is -2.21. The Morgan fingerprint density at radius 2 is 1.74 bits per heavy atom. The molecular formula is C17H18N2O3S. The van der Waals surface area contributed by atoms with Crippen LogP contribution >= 0.6 is 0 Å². The van der Waals surface area contributed by atoms with Crippen LogP contribution in [0.5, 0.6) is 0 Å². The van der Waals surface area contributed by atoms with Crippen LogP contribution in [0, 0.1) is 5.92 Å². The molecule has 2 atom stereocenters. The van der Waals surface area contributed by atoms with Crippen molar-refractivity contribution in [2.75, 3.05) is 11.5 Å². The lowest BCUT2D eigenvalue weighted by Crippen LogP contribution is -2.35. The Labute approximate surface area is 135 Å². The second-order valence-electron chi connectivity index (χ2n) is 5.73. The molecule has 0 saturated carbocycles. The van der Waals surface area contributed by atoms with E-state index in [0.717, 1.165) is 11.1 Å². The number of carbonyl (C=O) groups is 1. The van der Waals surface area contributed by atoms with Crippen LogP contribution in [0.3, 0.4) is 0 Å². The van der Waals surface area contributed by atoms with Crippen LogP contribution in [0.2, 0.25) is 0 Å². The van der Waals surface area contributed by atoms with Crippen molar-refractivity contribution in [3.63, 3.8) is 0 Å². The molecule has 5 nitrogen and oxygen atoms in total. The van der Waals surface area contributed by atoms with E-state index in [0.29, 0.717) is 6.42 Å². The zero-order chi connectivity index (χ0) is 16.3. The first kappa shape index (κ1) is 15.7. The molecule has 0 radical (unpaired) electrons. The molecule has 23 heavy (non-hydrogen) atoms. The van der Waals surface area contributed by atoms with Crippen molar-refractivity contribution >= 4 is 15.7 Å². The highest BCUT2D eigenvalue weighted by Crippen LogP contribution is 2.24. The van der Waals surface area contributed by atoms with Gasteiger partial charge in [0.25, 0.3) is 0 Å². The molecule has 2 heterocycles. The first-order valence-corrected chi connectivity index (χ1v) is 9.33. The number of benzene rings is 1. The number of amides is 1. The molecule has 1 aliphatic rings. The summed E-state index contributed by atoms with van der Waals surface area (Å²) < 4.78 is 23.2. The summed E-state index contributed by atoms with van der Waals surface area (Å²) in [6.07, 6.45) is 3.75. The summed E-state index contributed by atoms with van der Waals surface area (Å²) >= 11 is 0. The fraction of sp³-hybridized carbons (Fsp3) is 0.294. The summed E-state index contributed by atoms with van der Waals surface area (Å²) in [4.78, 5) is 16.5. The number of carbonyl (C=O) groups excluding carboxylic acids is 1. The molecule has 0 spiro atoms. The van der Waals surface area contributed by atoms with Gasteiger partial charge in [-0.2, -0.15) is 0 Å². The highest BCUT2D eigenvalue weighted by Gasteiger charge is 2.34. The molecular weight excluding hydrogens is 312 g/mol. The monoisotopic (exact) mass is 330 g/mol. The molecule has 1 aromatic carbocycles. The minimum Gasteiger partial charge on any atom is -0.345 e. The van der Waals surface area contributed by atoms with Gasteiger partial charge in [-0.1, -0.05) is 30.3 Å². The molecule has 1 N–H and O–H groups in total. The molecule has 1 amide bonds. The smallest absolute Gasteiger partial charge is 0.224 e. The van der Waals surface area contributed by atoms with Crippen molar-refractivity contribution in [1.82, 2.24) is 10.3 Å². The summed E-state index contributed by atoms with van der Waals surface area (Å²) in [7, 11) is -3.08. The zero-order valence-corrected chi connectivity index (χ0v) is 13.4. The first-order chi connectivity index (χ1) is 11.1. The highest BCUT2D eigenvalue weighted by molar-refractivity contribution is 7.91. The van der Waals surface area contributed by atoms with Gasteiger partial charge in [0.05, 0.1) is 23.5 Å². The van der Waals surface area contributed by atoms with Crippen LogP contribution in [-0.2, 0) is 14.6 Å². The Balaban J connectivity index is 1.84. The quantitative estimate of drug-likeness (QED) is 0.926. The molecule has 0 bridgehead atoms.